The molecule has 2 aromatic carbocycles. The van der Waals surface area contributed by atoms with Gasteiger partial charge in [-0.25, -0.2) is 0 Å². The Morgan fingerprint density at radius 2 is 1.86 bits per heavy atom. The Labute approximate surface area is 213 Å². The van der Waals surface area contributed by atoms with Crippen molar-refractivity contribution in [1.82, 2.24) is 14.8 Å². The second kappa shape index (κ2) is 9.90. The van der Waals surface area contributed by atoms with Crippen LogP contribution in [0, 0.1) is 6.92 Å². The van der Waals surface area contributed by atoms with Gasteiger partial charge in [0.1, 0.15) is 18.0 Å². The number of nitrogens with zero attached hydrogens (tertiary/aromatic N) is 3. The molecular formula is C24H21ClF5N3O4. The first-order chi connectivity index (χ1) is 17.4. The van der Waals surface area contributed by atoms with Gasteiger partial charge in [0.25, 0.3) is 0 Å². The van der Waals surface area contributed by atoms with Crippen molar-refractivity contribution in [2.75, 3.05) is 13.7 Å². The fraction of sp³-hybridized carbons (Fsp3) is 0.375. The van der Waals surface area contributed by atoms with Crippen molar-refractivity contribution >= 4 is 17.6 Å². The maximum Gasteiger partial charge on any atom is 0.416 e. The molecule has 0 saturated heterocycles. The van der Waals surface area contributed by atoms with Crippen LogP contribution in [0.2, 0.25) is 0 Å². The van der Waals surface area contributed by atoms with E-state index in [1.54, 1.807) is 32.0 Å². The molecule has 0 saturated carbocycles. The fourth-order valence-corrected chi connectivity index (χ4v) is 4.38. The molecule has 4 rings (SSSR count). The van der Waals surface area contributed by atoms with Crippen LogP contribution >= 0.6 is 11.6 Å². The number of hydrogen-bond acceptors (Lipinski definition) is 6. The highest BCUT2D eigenvalue weighted by molar-refractivity contribution is 6.21. The molecule has 0 amide bonds. The highest BCUT2D eigenvalue weighted by Gasteiger charge is 2.43. The lowest BCUT2D eigenvalue weighted by atomic mass is 9.94. The molecular weight excluding hydrogens is 525 g/mol. The molecule has 37 heavy (non-hydrogen) atoms. The zero-order chi connectivity index (χ0) is 27.1. The monoisotopic (exact) mass is 545 g/mol. The van der Waals surface area contributed by atoms with Crippen molar-refractivity contribution in [3.63, 3.8) is 0 Å². The molecule has 0 fully saturated rings. The van der Waals surface area contributed by atoms with Crippen LogP contribution in [0.25, 0.3) is 5.69 Å². The topological polar surface area (TPSA) is 75.5 Å². The number of ether oxygens (including phenoxy) is 3. The summed E-state index contributed by atoms with van der Waals surface area (Å²) in [6.07, 6.45) is -7.78. The molecule has 13 heteroatoms. The van der Waals surface area contributed by atoms with Crippen molar-refractivity contribution in [2.45, 2.75) is 44.0 Å². The molecule has 1 aliphatic heterocycles. The third kappa shape index (κ3) is 5.12. The predicted molar refractivity (Wildman–Crippen MR) is 121 cm³/mol. The van der Waals surface area contributed by atoms with E-state index in [2.05, 4.69) is 10.2 Å². The minimum absolute atomic E-state index is 0.0385. The van der Waals surface area contributed by atoms with E-state index in [0.717, 1.165) is 22.8 Å². The number of benzene rings is 2. The first kappa shape index (κ1) is 26.8. The van der Waals surface area contributed by atoms with Gasteiger partial charge in [0, 0.05) is 5.56 Å². The lowest BCUT2D eigenvalue weighted by Gasteiger charge is -2.25. The molecule has 198 valence electrons. The van der Waals surface area contributed by atoms with Crippen LogP contribution in [0.3, 0.4) is 0 Å². The summed E-state index contributed by atoms with van der Waals surface area (Å²) < 4.78 is 87.3. The van der Waals surface area contributed by atoms with Gasteiger partial charge in [0.15, 0.2) is 5.82 Å². The van der Waals surface area contributed by atoms with E-state index in [1.807, 2.05) is 0 Å². The Bertz CT molecular complexity index is 1320. The summed E-state index contributed by atoms with van der Waals surface area (Å²) in [4.78, 5) is 12.4. The maximum atomic E-state index is 14.4. The Morgan fingerprint density at radius 3 is 2.49 bits per heavy atom. The summed E-state index contributed by atoms with van der Waals surface area (Å²) in [5.41, 5.74) is -0.318. The van der Waals surface area contributed by atoms with Gasteiger partial charge in [-0.3, -0.25) is 9.36 Å². The largest absolute Gasteiger partial charge is 0.496 e. The molecule has 0 spiro atoms. The van der Waals surface area contributed by atoms with E-state index in [9.17, 15) is 26.7 Å². The van der Waals surface area contributed by atoms with E-state index in [1.165, 1.54) is 7.11 Å². The highest BCUT2D eigenvalue weighted by atomic mass is 35.5. The Kier molecular flexibility index (Phi) is 7.17. The zero-order valence-corrected chi connectivity index (χ0v) is 20.5. The molecule has 3 aromatic rings. The van der Waals surface area contributed by atoms with Crippen LogP contribution in [-0.4, -0.2) is 34.5 Å². The molecule has 2 atom stereocenters. The Morgan fingerprint density at radius 1 is 1.14 bits per heavy atom. The standard InChI is InChI=1S/C24H21ClF5N3O4/c1-4-36-19(34)11-18-21-31-32-22(23(25,26)27)33(21)16-9-8-13(24(28,29)30)10-15(16)20(37-18)14-6-5-7-17(35-3)12(14)2/h5-10,18,20H,4,11H2,1-3H3/t18-,20-/m0/s1. The van der Waals surface area contributed by atoms with Gasteiger partial charge in [-0.2, -0.15) is 22.0 Å². The summed E-state index contributed by atoms with van der Waals surface area (Å²) in [5.74, 6) is -1.59. The third-order valence-electron chi connectivity index (χ3n) is 5.89. The van der Waals surface area contributed by atoms with Crippen molar-refractivity contribution < 1.29 is 41.0 Å². The zero-order valence-electron chi connectivity index (χ0n) is 19.8. The molecule has 0 N–H and O–H groups in total. The first-order valence-corrected chi connectivity index (χ1v) is 11.4. The van der Waals surface area contributed by atoms with Gasteiger partial charge in [0.05, 0.1) is 31.4 Å². The summed E-state index contributed by atoms with van der Waals surface area (Å²) >= 11 is 5.30. The first-order valence-electron chi connectivity index (χ1n) is 11.0. The Balaban J connectivity index is 2.03. The SMILES string of the molecule is CCOC(=O)C[C@@H]1O[C@@H](c2cccc(OC)c2C)c2cc(C(F)(F)F)ccc2-n2c1nnc2C(F)(F)Cl. The predicted octanol–water partition coefficient (Wildman–Crippen LogP) is 6.01. The smallest absolute Gasteiger partial charge is 0.416 e. The molecule has 1 aromatic heterocycles. The second-order valence-electron chi connectivity index (χ2n) is 8.17. The minimum atomic E-state index is -4.74. The molecule has 1 aliphatic rings. The maximum absolute atomic E-state index is 14.4. The van der Waals surface area contributed by atoms with Gasteiger partial charge >= 0.3 is 17.5 Å². The van der Waals surface area contributed by atoms with E-state index < -0.39 is 47.5 Å². The lowest BCUT2D eigenvalue weighted by Crippen LogP contribution is -2.18. The number of hydrogen-bond donors (Lipinski definition) is 0. The van der Waals surface area contributed by atoms with Crippen molar-refractivity contribution in [3.05, 3.63) is 70.3 Å². The van der Waals surface area contributed by atoms with Gasteiger partial charge in [-0.1, -0.05) is 12.1 Å². The van der Waals surface area contributed by atoms with Crippen LogP contribution in [0.15, 0.2) is 36.4 Å². The number of carbonyl (C=O) groups excluding carboxylic acids is 1. The summed E-state index contributed by atoms with van der Waals surface area (Å²) in [5, 5.41) is 3.25. The number of halogens is 6. The normalized spacial score (nSPS) is 17.5. The number of methoxy groups -OCH3 is 1. The van der Waals surface area contributed by atoms with Gasteiger partial charge in [-0.05, 0) is 60.8 Å². The van der Waals surface area contributed by atoms with Crippen LogP contribution in [0.5, 0.6) is 5.75 Å². The summed E-state index contributed by atoms with van der Waals surface area (Å²) in [6.45, 7) is 3.29. The van der Waals surface area contributed by atoms with Crippen LogP contribution < -0.4 is 4.74 Å². The van der Waals surface area contributed by atoms with E-state index in [4.69, 9.17) is 25.8 Å². The van der Waals surface area contributed by atoms with E-state index in [-0.39, 0.29) is 23.7 Å². The van der Waals surface area contributed by atoms with Crippen LogP contribution in [-0.2, 0) is 25.8 Å². The van der Waals surface area contributed by atoms with Crippen LogP contribution in [0.1, 0.15) is 59.5 Å². The minimum Gasteiger partial charge on any atom is -0.496 e. The van der Waals surface area contributed by atoms with Gasteiger partial charge < -0.3 is 14.2 Å². The number of carbonyl (C=O) groups is 1. The molecule has 0 radical (unpaired) electrons. The third-order valence-corrected chi connectivity index (χ3v) is 6.06. The number of esters is 1. The average molecular weight is 546 g/mol. The summed E-state index contributed by atoms with van der Waals surface area (Å²) in [6, 6.07) is 7.46. The molecule has 0 aliphatic carbocycles. The van der Waals surface area contributed by atoms with E-state index in [0.29, 0.717) is 16.9 Å². The molecule has 0 unspecified atom stereocenters. The molecule has 0 bridgehead atoms. The number of aromatic nitrogens is 3. The highest BCUT2D eigenvalue weighted by Crippen LogP contribution is 2.46. The van der Waals surface area contributed by atoms with Crippen molar-refractivity contribution in [1.29, 1.82) is 0 Å². The summed E-state index contributed by atoms with van der Waals surface area (Å²) in [7, 11) is 1.43. The van der Waals surface area contributed by atoms with Crippen molar-refractivity contribution in [2.24, 2.45) is 0 Å². The Hall–Kier alpha value is -3.25. The fourth-order valence-electron chi connectivity index (χ4n) is 4.26. The van der Waals surface area contributed by atoms with Crippen LogP contribution in [0.4, 0.5) is 22.0 Å². The average Bonchev–Trinajstić information content (AvgIpc) is 3.22. The number of rotatable bonds is 6. The second-order valence-corrected chi connectivity index (χ2v) is 8.65. The van der Waals surface area contributed by atoms with Gasteiger partial charge in [0.2, 0.25) is 5.82 Å². The van der Waals surface area contributed by atoms with Gasteiger partial charge in [-0.15, -0.1) is 10.2 Å². The lowest BCUT2D eigenvalue weighted by molar-refractivity contribution is -0.147. The number of alkyl halides is 6. The van der Waals surface area contributed by atoms with E-state index >= 15 is 0 Å². The quantitative estimate of drug-likeness (QED) is 0.215. The van der Waals surface area contributed by atoms with Crippen molar-refractivity contribution in [3.8, 4) is 11.4 Å². The molecule has 7 nitrogen and oxygen atoms in total. The number of fused-ring (bicyclic) bond motifs is 3. The molecule has 2 heterocycles.